The van der Waals surface area contributed by atoms with Crippen molar-refractivity contribution in [1.82, 2.24) is 0 Å². The summed E-state index contributed by atoms with van der Waals surface area (Å²) >= 11 is 0. The number of carboxylic acid groups (broad SMARTS) is 3. The fourth-order valence-corrected chi connectivity index (χ4v) is 2.86. The predicted octanol–water partition coefficient (Wildman–Crippen LogP) is 5.63. The summed E-state index contributed by atoms with van der Waals surface area (Å²) in [6, 6.07) is 0. The standard InChI is InChI=1S/C18H36O2.C4H6O4.C3H8O2/c1-2-3-4-5-6-7-8-9-10-11-12-13-14-15-16-17-18(19)20;5-3(6)1-2-4(7)8;1-3(5)2-4/h2-17H2,1H3,(H,19,20);1-2H2,(H,5,6)(H,7,8);3-5H,2H2,1H3. The van der Waals surface area contributed by atoms with Crippen LogP contribution in [0.1, 0.15) is 129 Å². The van der Waals surface area contributed by atoms with Gasteiger partial charge in [-0.05, 0) is 13.3 Å². The van der Waals surface area contributed by atoms with Crippen molar-refractivity contribution in [2.24, 2.45) is 0 Å². The molecule has 0 spiro atoms. The van der Waals surface area contributed by atoms with Crippen LogP contribution in [0.3, 0.4) is 0 Å². The number of aliphatic carboxylic acids is 3. The van der Waals surface area contributed by atoms with Gasteiger partial charge in [0.25, 0.3) is 0 Å². The molecular weight excluding hydrogens is 428 g/mol. The minimum Gasteiger partial charge on any atom is -0.481 e. The highest BCUT2D eigenvalue weighted by molar-refractivity contribution is 5.75. The topological polar surface area (TPSA) is 152 Å². The van der Waals surface area contributed by atoms with Gasteiger partial charge in [0.2, 0.25) is 0 Å². The summed E-state index contributed by atoms with van der Waals surface area (Å²) in [6.45, 7) is 3.66. The van der Waals surface area contributed by atoms with Gasteiger partial charge < -0.3 is 25.5 Å². The highest BCUT2D eigenvalue weighted by Crippen LogP contribution is 2.13. The first-order valence-electron chi connectivity index (χ1n) is 12.6. The Morgan fingerprint density at radius 2 is 0.788 bits per heavy atom. The normalized spacial score (nSPS) is 10.9. The van der Waals surface area contributed by atoms with Crippen molar-refractivity contribution in [3.05, 3.63) is 0 Å². The van der Waals surface area contributed by atoms with Crippen molar-refractivity contribution in [2.45, 2.75) is 136 Å². The Balaban J connectivity index is -0.000000565. The summed E-state index contributed by atoms with van der Waals surface area (Å²) in [4.78, 5) is 29.6. The average molecular weight is 479 g/mol. The number of carbonyl (C=O) groups is 3. The summed E-state index contributed by atoms with van der Waals surface area (Å²) in [7, 11) is 0. The lowest BCUT2D eigenvalue weighted by molar-refractivity contribution is -0.143. The van der Waals surface area contributed by atoms with E-state index in [0.29, 0.717) is 6.42 Å². The Kier molecular flexibility index (Phi) is 33.0. The van der Waals surface area contributed by atoms with Crippen LogP contribution in [-0.4, -0.2) is 56.2 Å². The van der Waals surface area contributed by atoms with Crippen LogP contribution < -0.4 is 0 Å². The first kappa shape index (κ1) is 35.9. The first-order valence-corrected chi connectivity index (χ1v) is 12.6. The van der Waals surface area contributed by atoms with Crippen LogP contribution >= 0.6 is 0 Å². The van der Waals surface area contributed by atoms with Gasteiger partial charge in [-0.1, -0.05) is 96.8 Å². The van der Waals surface area contributed by atoms with Crippen LogP contribution in [0.2, 0.25) is 0 Å². The Hall–Kier alpha value is -1.67. The van der Waals surface area contributed by atoms with Crippen LogP contribution in [0.25, 0.3) is 0 Å². The van der Waals surface area contributed by atoms with Crippen LogP contribution in [0.15, 0.2) is 0 Å². The molecule has 33 heavy (non-hydrogen) atoms. The average Bonchev–Trinajstić information content (AvgIpc) is 2.75. The summed E-state index contributed by atoms with van der Waals surface area (Å²) in [6.07, 6.45) is 19.0. The molecule has 1 atom stereocenters. The molecule has 0 saturated carbocycles. The van der Waals surface area contributed by atoms with E-state index in [1.165, 1.54) is 90.4 Å². The molecule has 0 fully saturated rings. The third kappa shape index (κ3) is 48.8. The largest absolute Gasteiger partial charge is 0.481 e. The highest BCUT2D eigenvalue weighted by atomic mass is 16.4. The smallest absolute Gasteiger partial charge is 0.303 e. The van der Waals surface area contributed by atoms with Gasteiger partial charge in [0.15, 0.2) is 0 Å². The second-order valence-corrected chi connectivity index (χ2v) is 8.41. The minimum absolute atomic E-state index is 0.139. The second-order valence-electron chi connectivity index (χ2n) is 8.41. The number of hydrogen-bond donors (Lipinski definition) is 5. The lowest BCUT2D eigenvalue weighted by Gasteiger charge is -2.03. The molecule has 0 aromatic rings. The van der Waals surface area contributed by atoms with Crippen molar-refractivity contribution < 1.29 is 39.9 Å². The van der Waals surface area contributed by atoms with Crippen LogP contribution in [0.5, 0.6) is 0 Å². The molecule has 0 heterocycles. The zero-order chi connectivity index (χ0) is 25.7. The van der Waals surface area contributed by atoms with E-state index in [4.69, 9.17) is 25.5 Å². The van der Waals surface area contributed by atoms with Crippen molar-refractivity contribution >= 4 is 17.9 Å². The summed E-state index contributed by atoms with van der Waals surface area (Å²) in [5.74, 6) is -2.81. The SMILES string of the molecule is CC(O)CO.CCCCCCCCCCCCCCCCCC(=O)O.O=C(O)CCC(=O)O. The van der Waals surface area contributed by atoms with E-state index in [1.54, 1.807) is 0 Å². The molecule has 8 heteroatoms. The van der Waals surface area contributed by atoms with Gasteiger partial charge in [0, 0.05) is 6.42 Å². The summed E-state index contributed by atoms with van der Waals surface area (Å²) in [5, 5.41) is 40.3. The summed E-state index contributed by atoms with van der Waals surface area (Å²) < 4.78 is 0. The molecule has 8 nitrogen and oxygen atoms in total. The maximum absolute atomic E-state index is 10.3. The molecule has 0 aliphatic rings. The van der Waals surface area contributed by atoms with Gasteiger partial charge in [-0.2, -0.15) is 0 Å². The van der Waals surface area contributed by atoms with Crippen molar-refractivity contribution in [2.75, 3.05) is 6.61 Å². The Labute approximate surface area is 200 Å². The lowest BCUT2D eigenvalue weighted by atomic mass is 10.0. The number of carboxylic acids is 3. The monoisotopic (exact) mass is 478 g/mol. The Bertz CT molecular complexity index is 424. The van der Waals surface area contributed by atoms with Gasteiger partial charge in [0.05, 0.1) is 25.6 Å². The van der Waals surface area contributed by atoms with Gasteiger partial charge >= 0.3 is 17.9 Å². The number of hydrogen-bond acceptors (Lipinski definition) is 5. The van der Waals surface area contributed by atoms with E-state index < -0.39 is 24.0 Å². The minimum atomic E-state index is -1.08. The van der Waals surface area contributed by atoms with E-state index in [1.807, 2.05) is 0 Å². The second kappa shape index (κ2) is 30.3. The molecule has 0 bridgehead atoms. The third-order valence-corrected chi connectivity index (χ3v) is 4.81. The van der Waals surface area contributed by atoms with Gasteiger partial charge in [-0.3, -0.25) is 14.4 Å². The summed E-state index contributed by atoms with van der Waals surface area (Å²) in [5.41, 5.74) is 0. The van der Waals surface area contributed by atoms with Crippen molar-refractivity contribution in [3.63, 3.8) is 0 Å². The molecule has 0 radical (unpaired) electrons. The Morgan fingerprint density at radius 3 is 1.00 bits per heavy atom. The molecule has 5 N–H and O–H groups in total. The van der Waals surface area contributed by atoms with E-state index in [9.17, 15) is 14.4 Å². The zero-order valence-electron chi connectivity index (χ0n) is 21.0. The first-order chi connectivity index (χ1) is 15.7. The van der Waals surface area contributed by atoms with Crippen LogP contribution in [-0.2, 0) is 14.4 Å². The zero-order valence-corrected chi connectivity index (χ0v) is 21.0. The highest BCUT2D eigenvalue weighted by Gasteiger charge is 2.00. The maximum Gasteiger partial charge on any atom is 0.303 e. The molecule has 1 unspecified atom stereocenters. The predicted molar refractivity (Wildman–Crippen MR) is 130 cm³/mol. The van der Waals surface area contributed by atoms with Crippen molar-refractivity contribution in [1.29, 1.82) is 0 Å². The molecule has 0 aliphatic carbocycles. The van der Waals surface area contributed by atoms with E-state index in [2.05, 4.69) is 6.92 Å². The fraction of sp³-hybridized carbons (Fsp3) is 0.880. The van der Waals surface area contributed by atoms with E-state index in [0.717, 1.165) is 12.8 Å². The van der Waals surface area contributed by atoms with Crippen molar-refractivity contribution in [3.8, 4) is 0 Å². The fourth-order valence-electron chi connectivity index (χ4n) is 2.86. The Morgan fingerprint density at radius 1 is 0.545 bits per heavy atom. The van der Waals surface area contributed by atoms with Gasteiger partial charge in [0.1, 0.15) is 0 Å². The molecule has 0 rings (SSSR count). The molecule has 0 saturated heterocycles. The number of unbranched alkanes of at least 4 members (excludes halogenated alkanes) is 14. The molecule has 198 valence electrons. The molecule has 0 aliphatic heterocycles. The molecular formula is C25H50O8. The van der Waals surface area contributed by atoms with Gasteiger partial charge in [-0.15, -0.1) is 0 Å². The van der Waals surface area contributed by atoms with Crippen LogP contribution in [0, 0.1) is 0 Å². The van der Waals surface area contributed by atoms with Crippen LogP contribution in [0.4, 0.5) is 0 Å². The molecule has 0 aromatic heterocycles. The van der Waals surface area contributed by atoms with E-state index >= 15 is 0 Å². The third-order valence-electron chi connectivity index (χ3n) is 4.81. The number of aliphatic hydroxyl groups excluding tert-OH is 2. The van der Waals surface area contributed by atoms with E-state index in [-0.39, 0.29) is 19.4 Å². The number of rotatable bonds is 20. The maximum atomic E-state index is 10.3. The quantitative estimate of drug-likeness (QED) is 0.141. The number of aliphatic hydroxyl groups is 2. The lowest BCUT2D eigenvalue weighted by Crippen LogP contribution is -2.03. The molecule has 0 aromatic carbocycles. The molecule has 0 amide bonds. The van der Waals surface area contributed by atoms with Gasteiger partial charge in [-0.25, -0.2) is 0 Å².